The van der Waals surface area contributed by atoms with Crippen LogP contribution < -0.4 is 10.1 Å². The van der Waals surface area contributed by atoms with Gasteiger partial charge in [0.2, 0.25) is 0 Å². The molecule has 1 heterocycles. The first-order chi connectivity index (χ1) is 11.0. The first-order valence-electron chi connectivity index (χ1n) is 7.39. The second-order valence-electron chi connectivity index (χ2n) is 5.64. The van der Waals surface area contributed by atoms with Crippen molar-refractivity contribution in [3.05, 3.63) is 46.5 Å². The van der Waals surface area contributed by atoms with Crippen molar-refractivity contribution in [2.45, 2.75) is 18.9 Å². The Morgan fingerprint density at radius 1 is 1.48 bits per heavy atom. The number of rotatable bonds is 6. The zero-order valence-corrected chi connectivity index (χ0v) is 14.1. The van der Waals surface area contributed by atoms with Crippen LogP contribution >= 0.6 is 23.2 Å². The van der Waals surface area contributed by atoms with Gasteiger partial charge < -0.3 is 14.6 Å². The van der Waals surface area contributed by atoms with Gasteiger partial charge in [0.1, 0.15) is 11.6 Å². The maximum Gasteiger partial charge on any atom is 0.258 e. The van der Waals surface area contributed by atoms with Crippen molar-refractivity contribution < 1.29 is 9.53 Å². The van der Waals surface area contributed by atoms with E-state index in [0.717, 1.165) is 18.7 Å². The lowest BCUT2D eigenvalue weighted by Gasteiger charge is -2.18. The van der Waals surface area contributed by atoms with Crippen molar-refractivity contribution in [3.63, 3.8) is 0 Å². The summed E-state index contributed by atoms with van der Waals surface area (Å²) in [6, 6.07) is 4.82. The van der Waals surface area contributed by atoms with Crippen LogP contribution in [0.3, 0.4) is 0 Å². The SMILES string of the molecule is Cn1ccnc1[C@@H](NC(=O)COc1ccc(Cl)cc1Cl)C1CC1. The van der Waals surface area contributed by atoms with Gasteiger partial charge in [-0.3, -0.25) is 4.79 Å². The zero-order chi connectivity index (χ0) is 16.4. The molecule has 0 unspecified atom stereocenters. The third-order valence-corrected chi connectivity index (χ3v) is 4.33. The minimum atomic E-state index is -0.198. The van der Waals surface area contributed by atoms with E-state index in [1.54, 1.807) is 24.4 Å². The van der Waals surface area contributed by atoms with Crippen molar-refractivity contribution in [3.8, 4) is 5.75 Å². The van der Waals surface area contributed by atoms with Gasteiger partial charge in [0.15, 0.2) is 6.61 Å². The molecule has 3 rings (SSSR count). The van der Waals surface area contributed by atoms with Crippen LogP contribution in [0.25, 0.3) is 0 Å². The van der Waals surface area contributed by atoms with E-state index < -0.39 is 0 Å². The first-order valence-corrected chi connectivity index (χ1v) is 8.14. The number of nitrogens with one attached hydrogen (secondary N) is 1. The third kappa shape index (κ3) is 3.98. The van der Waals surface area contributed by atoms with Gasteiger partial charge in [-0.2, -0.15) is 0 Å². The number of aromatic nitrogens is 2. The summed E-state index contributed by atoms with van der Waals surface area (Å²) in [7, 11) is 1.92. The number of carbonyl (C=O) groups is 1. The maximum atomic E-state index is 12.2. The van der Waals surface area contributed by atoms with Gasteiger partial charge in [0.25, 0.3) is 5.91 Å². The summed E-state index contributed by atoms with van der Waals surface area (Å²) >= 11 is 11.9. The molecule has 0 radical (unpaired) electrons. The molecule has 1 atom stereocenters. The average molecular weight is 354 g/mol. The summed E-state index contributed by atoms with van der Waals surface area (Å²) in [6.07, 6.45) is 5.81. The molecular formula is C16H17Cl2N3O2. The van der Waals surface area contributed by atoms with Crippen LogP contribution in [-0.2, 0) is 11.8 Å². The zero-order valence-electron chi connectivity index (χ0n) is 12.6. The number of amides is 1. The quantitative estimate of drug-likeness (QED) is 0.865. The van der Waals surface area contributed by atoms with E-state index in [9.17, 15) is 4.79 Å². The summed E-state index contributed by atoms with van der Waals surface area (Å²) in [5, 5.41) is 3.91. The van der Waals surface area contributed by atoms with Crippen LogP contribution in [0.2, 0.25) is 10.0 Å². The van der Waals surface area contributed by atoms with Crippen LogP contribution in [-0.4, -0.2) is 22.1 Å². The van der Waals surface area contributed by atoms with Crippen LogP contribution in [0.5, 0.6) is 5.75 Å². The van der Waals surface area contributed by atoms with Crippen LogP contribution in [0.15, 0.2) is 30.6 Å². The molecular weight excluding hydrogens is 337 g/mol. The van der Waals surface area contributed by atoms with E-state index in [1.165, 1.54) is 0 Å². The lowest BCUT2D eigenvalue weighted by atomic mass is 10.1. The molecule has 1 aromatic heterocycles. The van der Waals surface area contributed by atoms with Gasteiger partial charge in [-0.15, -0.1) is 0 Å². The van der Waals surface area contributed by atoms with Gasteiger partial charge >= 0.3 is 0 Å². The van der Waals surface area contributed by atoms with Gasteiger partial charge in [-0.1, -0.05) is 23.2 Å². The number of aryl methyl sites for hydroxylation is 1. The van der Waals surface area contributed by atoms with E-state index in [0.29, 0.717) is 21.7 Å². The molecule has 1 saturated carbocycles. The summed E-state index contributed by atoms with van der Waals surface area (Å²) < 4.78 is 7.40. The lowest BCUT2D eigenvalue weighted by molar-refractivity contribution is -0.124. The van der Waals surface area contributed by atoms with Crippen LogP contribution in [0.1, 0.15) is 24.7 Å². The Hall–Kier alpha value is -1.72. The Bertz CT molecular complexity index is 713. The number of ether oxygens (including phenoxy) is 1. The molecule has 0 aliphatic heterocycles. The average Bonchev–Trinajstić information content (AvgIpc) is 3.26. The van der Waals surface area contributed by atoms with Gasteiger partial charge in [-0.05, 0) is 37.0 Å². The number of nitrogens with zero attached hydrogens (tertiary/aromatic N) is 2. The van der Waals surface area contributed by atoms with E-state index in [4.69, 9.17) is 27.9 Å². The lowest BCUT2D eigenvalue weighted by Crippen LogP contribution is -2.35. The molecule has 1 aromatic carbocycles. The van der Waals surface area contributed by atoms with Crippen LogP contribution in [0, 0.1) is 5.92 Å². The van der Waals surface area contributed by atoms with Crippen molar-refractivity contribution in [1.82, 2.24) is 14.9 Å². The monoisotopic (exact) mass is 353 g/mol. The van der Waals surface area contributed by atoms with Crippen LogP contribution in [0.4, 0.5) is 0 Å². The van der Waals surface area contributed by atoms with E-state index in [1.807, 2.05) is 17.8 Å². The highest BCUT2D eigenvalue weighted by atomic mass is 35.5. The molecule has 0 saturated heterocycles. The Kier molecular flexibility index (Phi) is 4.78. The second kappa shape index (κ2) is 6.81. The number of hydrogen-bond donors (Lipinski definition) is 1. The molecule has 7 heteroatoms. The second-order valence-corrected chi connectivity index (χ2v) is 6.49. The fraction of sp³-hybridized carbons (Fsp3) is 0.375. The molecule has 1 aliphatic rings. The molecule has 2 aromatic rings. The van der Waals surface area contributed by atoms with Crippen molar-refractivity contribution in [2.24, 2.45) is 13.0 Å². The first kappa shape index (κ1) is 16.1. The molecule has 1 amide bonds. The highest BCUT2D eigenvalue weighted by molar-refractivity contribution is 6.35. The van der Waals surface area contributed by atoms with Crippen molar-refractivity contribution in [2.75, 3.05) is 6.61 Å². The van der Waals surface area contributed by atoms with E-state index in [2.05, 4.69) is 10.3 Å². The molecule has 0 spiro atoms. The Morgan fingerprint density at radius 3 is 2.87 bits per heavy atom. The van der Waals surface area contributed by atoms with E-state index in [-0.39, 0.29) is 18.6 Å². The minimum Gasteiger partial charge on any atom is -0.482 e. The standard InChI is InChI=1S/C16H17Cl2N3O2/c1-21-7-6-19-16(21)15(10-2-3-10)20-14(22)9-23-13-5-4-11(17)8-12(13)18/h4-8,10,15H,2-3,9H2,1H3,(H,20,22)/t15-/m0/s1. The highest BCUT2D eigenvalue weighted by Crippen LogP contribution is 2.40. The summed E-state index contributed by atoms with van der Waals surface area (Å²) in [4.78, 5) is 16.5. The Morgan fingerprint density at radius 2 is 2.26 bits per heavy atom. The number of benzene rings is 1. The fourth-order valence-electron chi connectivity index (χ4n) is 2.45. The Balaban J connectivity index is 1.60. The molecule has 5 nitrogen and oxygen atoms in total. The van der Waals surface area contributed by atoms with Gasteiger partial charge in [0.05, 0.1) is 11.1 Å². The van der Waals surface area contributed by atoms with Gasteiger partial charge in [0, 0.05) is 24.5 Å². The highest BCUT2D eigenvalue weighted by Gasteiger charge is 2.35. The summed E-state index contributed by atoms with van der Waals surface area (Å²) in [6.45, 7) is -0.102. The third-order valence-electron chi connectivity index (χ3n) is 3.80. The smallest absolute Gasteiger partial charge is 0.258 e. The maximum absolute atomic E-state index is 12.2. The summed E-state index contributed by atoms with van der Waals surface area (Å²) in [5.41, 5.74) is 0. The molecule has 0 bridgehead atoms. The van der Waals surface area contributed by atoms with Crippen molar-refractivity contribution >= 4 is 29.1 Å². The predicted molar refractivity (Wildman–Crippen MR) is 88.8 cm³/mol. The molecule has 122 valence electrons. The minimum absolute atomic E-state index is 0.0770. The topological polar surface area (TPSA) is 56.2 Å². The number of imidazole rings is 1. The summed E-state index contributed by atoms with van der Waals surface area (Å²) in [5.74, 6) is 1.55. The molecule has 23 heavy (non-hydrogen) atoms. The predicted octanol–water partition coefficient (Wildman–Crippen LogP) is 3.37. The fourth-order valence-corrected chi connectivity index (χ4v) is 2.91. The van der Waals surface area contributed by atoms with E-state index >= 15 is 0 Å². The molecule has 1 fully saturated rings. The Labute approximate surface area is 144 Å². The molecule has 1 N–H and O–H groups in total. The number of carbonyl (C=O) groups excluding carboxylic acids is 1. The molecule has 1 aliphatic carbocycles. The van der Waals surface area contributed by atoms with Crippen molar-refractivity contribution in [1.29, 1.82) is 0 Å². The normalized spacial score (nSPS) is 15.3. The largest absolute Gasteiger partial charge is 0.482 e. The number of halogens is 2. The number of hydrogen-bond acceptors (Lipinski definition) is 3. The van der Waals surface area contributed by atoms with Gasteiger partial charge in [-0.25, -0.2) is 4.98 Å².